The second-order valence-corrected chi connectivity index (χ2v) is 6.50. The fourth-order valence-corrected chi connectivity index (χ4v) is 3.26. The maximum Gasteiger partial charge on any atom is 0.343 e. The van der Waals surface area contributed by atoms with E-state index in [1.54, 1.807) is 19.1 Å². The summed E-state index contributed by atoms with van der Waals surface area (Å²) in [4.78, 5) is 14.6. The lowest BCUT2D eigenvalue weighted by molar-refractivity contribution is -0.392. The molecule has 132 valence electrons. The van der Waals surface area contributed by atoms with E-state index in [-0.39, 0.29) is 12.4 Å². The van der Waals surface area contributed by atoms with Crippen molar-refractivity contribution in [2.75, 3.05) is 0 Å². The molecule has 3 aromatic rings. The Kier molecular flexibility index (Phi) is 4.99. The SMILES string of the molecule is Cc1ncc([N+](=O)[O-])n1Cc1nnc(SCc2ccc(C#N)cc2)n1C. The summed E-state index contributed by atoms with van der Waals surface area (Å²) in [6.07, 6.45) is 1.24. The van der Waals surface area contributed by atoms with E-state index in [0.717, 1.165) is 5.56 Å². The van der Waals surface area contributed by atoms with E-state index in [0.29, 0.717) is 28.1 Å². The highest BCUT2D eigenvalue weighted by Crippen LogP contribution is 2.22. The molecular weight excluding hydrogens is 354 g/mol. The summed E-state index contributed by atoms with van der Waals surface area (Å²) >= 11 is 1.51. The van der Waals surface area contributed by atoms with E-state index in [4.69, 9.17) is 5.26 Å². The van der Waals surface area contributed by atoms with Gasteiger partial charge in [0.25, 0.3) is 0 Å². The fraction of sp³-hybridized carbons (Fsp3) is 0.250. The third kappa shape index (κ3) is 3.57. The van der Waals surface area contributed by atoms with Gasteiger partial charge in [0, 0.05) is 19.7 Å². The molecule has 2 heterocycles. The summed E-state index contributed by atoms with van der Waals surface area (Å²) in [6, 6.07) is 9.45. The molecule has 0 saturated heterocycles. The van der Waals surface area contributed by atoms with Crippen LogP contribution in [0, 0.1) is 28.4 Å². The minimum absolute atomic E-state index is 0.0720. The molecule has 0 unspecified atom stereocenters. The Labute approximate surface area is 153 Å². The predicted octanol–water partition coefficient (Wildman–Crippen LogP) is 2.44. The number of nitrogens with zero attached hydrogens (tertiary/aromatic N) is 7. The first-order valence-electron chi connectivity index (χ1n) is 7.66. The van der Waals surface area contributed by atoms with Crippen molar-refractivity contribution in [3.8, 4) is 6.07 Å². The average Bonchev–Trinajstić information content (AvgIpc) is 3.18. The summed E-state index contributed by atoms with van der Waals surface area (Å²) in [6.45, 7) is 1.94. The van der Waals surface area contributed by atoms with Gasteiger partial charge in [-0.15, -0.1) is 10.2 Å². The largest absolute Gasteiger partial charge is 0.358 e. The van der Waals surface area contributed by atoms with Crippen LogP contribution in [0.5, 0.6) is 0 Å². The van der Waals surface area contributed by atoms with Gasteiger partial charge in [0.05, 0.1) is 11.6 Å². The first-order chi connectivity index (χ1) is 12.5. The summed E-state index contributed by atoms with van der Waals surface area (Å²) in [7, 11) is 1.83. The number of nitro groups is 1. The van der Waals surface area contributed by atoms with Gasteiger partial charge in [-0.25, -0.2) is 9.55 Å². The summed E-state index contributed by atoms with van der Waals surface area (Å²) < 4.78 is 3.32. The highest BCUT2D eigenvalue weighted by atomic mass is 32.2. The Morgan fingerprint density at radius 1 is 1.31 bits per heavy atom. The molecule has 0 atom stereocenters. The van der Waals surface area contributed by atoms with Crippen molar-refractivity contribution in [3.63, 3.8) is 0 Å². The van der Waals surface area contributed by atoms with Crippen LogP contribution in [0.25, 0.3) is 0 Å². The van der Waals surface area contributed by atoms with E-state index < -0.39 is 4.92 Å². The minimum atomic E-state index is -0.461. The number of imidazole rings is 1. The average molecular weight is 369 g/mol. The van der Waals surface area contributed by atoms with Crippen molar-refractivity contribution in [1.29, 1.82) is 5.26 Å². The van der Waals surface area contributed by atoms with Crippen LogP contribution in [0.1, 0.15) is 22.8 Å². The van der Waals surface area contributed by atoms with Gasteiger partial charge in [0.15, 0.2) is 23.4 Å². The Bertz CT molecular complexity index is 985. The number of thioether (sulfide) groups is 1. The fourth-order valence-electron chi connectivity index (χ4n) is 2.37. The molecule has 9 nitrogen and oxygen atoms in total. The standard InChI is InChI=1S/C16H15N7O2S/c1-11-18-8-15(23(24)25)22(11)9-14-19-20-16(21(14)2)26-10-13-5-3-12(7-17)4-6-13/h3-6,8H,9-10H2,1-2H3. The third-order valence-electron chi connectivity index (χ3n) is 3.90. The Hall–Kier alpha value is -3.19. The Morgan fingerprint density at radius 2 is 2.04 bits per heavy atom. The van der Waals surface area contributed by atoms with Crippen LogP contribution >= 0.6 is 11.8 Å². The van der Waals surface area contributed by atoms with Crippen LogP contribution in [0.4, 0.5) is 5.82 Å². The van der Waals surface area contributed by atoms with Crippen molar-refractivity contribution in [2.24, 2.45) is 7.05 Å². The van der Waals surface area contributed by atoms with Crippen molar-refractivity contribution in [2.45, 2.75) is 24.4 Å². The molecule has 0 amide bonds. The lowest BCUT2D eigenvalue weighted by Gasteiger charge is -2.05. The van der Waals surface area contributed by atoms with Gasteiger partial charge in [0.2, 0.25) is 0 Å². The van der Waals surface area contributed by atoms with E-state index in [9.17, 15) is 10.1 Å². The van der Waals surface area contributed by atoms with E-state index in [1.165, 1.54) is 22.5 Å². The summed E-state index contributed by atoms with van der Waals surface area (Å²) in [5, 5.41) is 29.0. The molecule has 0 aliphatic rings. The lowest BCUT2D eigenvalue weighted by atomic mass is 10.2. The molecule has 3 rings (SSSR count). The van der Waals surface area contributed by atoms with Gasteiger partial charge in [-0.1, -0.05) is 23.9 Å². The number of rotatable bonds is 6. The smallest absolute Gasteiger partial charge is 0.343 e. The predicted molar refractivity (Wildman–Crippen MR) is 94.4 cm³/mol. The zero-order chi connectivity index (χ0) is 18.7. The lowest BCUT2D eigenvalue weighted by Crippen LogP contribution is -2.10. The van der Waals surface area contributed by atoms with Gasteiger partial charge in [-0.05, 0) is 22.6 Å². The van der Waals surface area contributed by atoms with Crippen LogP contribution < -0.4 is 0 Å². The van der Waals surface area contributed by atoms with Gasteiger partial charge >= 0.3 is 5.82 Å². The second-order valence-electron chi connectivity index (χ2n) is 5.56. The highest BCUT2D eigenvalue weighted by Gasteiger charge is 2.20. The number of hydrogen-bond acceptors (Lipinski definition) is 7. The number of aryl methyl sites for hydroxylation is 1. The van der Waals surface area contributed by atoms with Gasteiger partial charge in [-0.2, -0.15) is 5.26 Å². The molecule has 0 saturated carbocycles. The van der Waals surface area contributed by atoms with E-state index in [2.05, 4.69) is 21.3 Å². The minimum Gasteiger partial charge on any atom is -0.358 e. The van der Waals surface area contributed by atoms with Crippen molar-refractivity contribution in [3.05, 3.63) is 63.4 Å². The number of nitriles is 1. The quantitative estimate of drug-likeness (QED) is 0.372. The number of aromatic nitrogens is 5. The normalized spacial score (nSPS) is 10.7. The maximum absolute atomic E-state index is 11.1. The molecule has 1 aromatic carbocycles. The maximum atomic E-state index is 11.1. The van der Waals surface area contributed by atoms with Crippen molar-refractivity contribution in [1.82, 2.24) is 24.3 Å². The van der Waals surface area contributed by atoms with Gasteiger partial charge < -0.3 is 14.7 Å². The molecule has 0 radical (unpaired) electrons. The molecule has 0 fully saturated rings. The van der Waals surface area contributed by atoms with Crippen molar-refractivity contribution >= 4 is 17.6 Å². The van der Waals surface area contributed by atoms with E-state index in [1.807, 2.05) is 23.7 Å². The first-order valence-corrected chi connectivity index (χ1v) is 8.64. The monoisotopic (exact) mass is 369 g/mol. The van der Waals surface area contributed by atoms with Gasteiger partial charge in [0.1, 0.15) is 6.20 Å². The molecule has 0 bridgehead atoms. The summed E-state index contributed by atoms with van der Waals surface area (Å²) in [5.41, 5.74) is 1.69. The molecule has 2 aromatic heterocycles. The van der Waals surface area contributed by atoms with Crippen molar-refractivity contribution < 1.29 is 4.92 Å². The topological polar surface area (TPSA) is 115 Å². The highest BCUT2D eigenvalue weighted by molar-refractivity contribution is 7.98. The molecule has 10 heteroatoms. The molecule has 0 aliphatic heterocycles. The Balaban J connectivity index is 1.73. The van der Waals surface area contributed by atoms with Crippen LogP contribution in [0.15, 0.2) is 35.6 Å². The zero-order valence-corrected chi connectivity index (χ0v) is 15.0. The zero-order valence-electron chi connectivity index (χ0n) is 14.2. The number of hydrogen-bond donors (Lipinski definition) is 0. The first kappa shape index (κ1) is 17.6. The van der Waals surface area contributed by atoms with Crippen LogP contribution in [0.2, 0.25) is 0 Å². The van der Waals surface area contributed by atoms with E-state index >= 15 is 0 Å². The van der Waals surface area contributed by atoms with Gasteiger partial charge in [-0.3, -0.25) is 0 Å². The van der Waals surface area contributed by atoms with Crippen LogP contribution in [0.3, 0.4) is 0 Å². The molecular formula is C16H15N7O2S. The molecule has 0 N–H and O–H groups in total. The molecule has 26 heavy (non-hydrogen) atoms. The molecule has 0 spiro atoms. The van der Waals surface area contributed by atoms with Crippen LogP contribution in [-0.2, 0) is 19.3 Å². The second kappa shape index (κ2) is 7.37. The summed E-state index contributed by atoms with van der Waals surface area (Å²) in [5.74, 6) is 1.77. The molecule has 0 aliphatic carbocycles. The Morgan fingerprint density at radius 3 is 2.69 bits per heavy atom. The van der Waals surface area contributed by atoms with Crippen LogP contribution in [-0.4, -0.2) is 29.2 Å². The third-order valence-corrected chi connectivity index (χ3v) is 4.99. The number of benzene rings is 1.